The topological polar surface area (TPSA) is 66.3 Å². The zero-order chi connectivity index (χ0) is 15.4. The number of aryl methyl sites for hydroxylation is 2. The first-order valence-corrected chi connectivity index (χ1v) is 7.73. The summed E-state index contributed by atoms with van der Waals surface area (Å²) in [5, 5.41) is 9.23. The predicted molar refractivity (Wildman–Crippen MR) is 84.1 cm³/mol. The van der Waals surface area contributed by atoms with Crippen LogP contribution in [0, 0.1) is 6.92 Å². The van der Waals surface area contributed by atoms with Gasteiger partial charge < -0.3 is 10.0 Å². The van der Waals surface area contributed by atoms with E-state index in [0.29, 0.717) is 12.4 Å². The van der Waals surface area contributed by atoms with Gasteiger partial charge in [-0.3, -0.25) is 0 Å². The van der Waals surface area contributed by atoms with E-state index in [4.69, 9.17) is 0 Å². The van der Waals surface area contributed by atoms with Crippen molar-refractivity contribution in [2.45, 2.75) is 33.2 Å². The lowest BCUT2D eigenvalue weighted by atomic mass is 10.1. The highest BCUT2D eigenvalue weighted by Gasteiger charge is 2.13. The molecule has 0 unspecified atom stereocenters. The Morgan fingerprint density at radius 3 is 2.76 bits per heavy atom. The minimum Gasteiger partial charge on any atom is -0.478 e. The molecule has 0 atom stereocenters. The van der Waals surface area contributed by atoms with Crippen LogP contribution in [0.15, 0.2) is 17.6 Å². The summed E-state index contributed by atoms with van der Waals surface area (Å²) in [5.74, 6) is -0.232. The summed E-state index contributed by atoms with van der Waals surface area (Å²) in [6.45, 7) is 4.71. The van der Waals surface area contributed by atoms with E-state index in [0.717, 1.165) is 29.1 Å². The Morgan fingerprint density at radius 1 is 1.43 bits per heavy atom. The number of pyridine rings is 1. The van der Waals surface area contributed by atoms with Crippen LogP contribution in [0.5, 0.6) is 0 Å². The lowest BCUT2D eigenvalue weighted by Gasteiger charge is -2.19. The van der Waals surface area contributed by atoms with Crippen molar-refractivity contribution in [1.82, 2.24) is 9.97 Å². The first-order valence-electron chi connectivity index (χ1n) is 6.85. The fourth-order valence-electron chi connectivity index (χ4n) is 2.05. The van der Waals surface area contributed by atoms with Gasteiger partial charge in [-0.25, -0.2) is 14.8 Å². The van der Waals surface area contributed by atoms with Gasteiger partial charge in [-0.2, -0.15) is 0 Å². The normalized spacial score (nSPS) is 10.6. The van der Waals surface area contributed by atoms with E-state index in [-0.39, 0.29) is 5.56 Å². The average Bonchev–Trinajstić information content (AvgIpc) is 2.84. The third-order valence-corrected chi connectivity index (χ3v) is 4.15. The van der Waals surface area contributed by atoms with Crippen LogP contribution >= 0.6 is 11.3 Å². The number of hydrogen-bond acceptors (Lipinski definition) is 5. The van der Waals surface area contributed by atoms with Crippen LogP contribution in [0.2, 0.25) is 0 Å². The zero-order valence-electron chi connectivity index (χ0n) is 12.5. The Hall–Kier alpha value is -1.95. The summed E-state index contributed by atoms with van der Waals surface area (Å²) in [6.07, 6.45) is 1.72. The van der Waals surface area contributed by atoms with Gasteiger partial charge in [0, 0.05) is 17.6 Å². The highest BCUT2D eigenvalue weighted by atomic mass is 32.1. The second-order valence-electron chi connectivity index (χ2n) is 4.98. The van der Waals surface area contributed by atoms with Gasteiger partial charge in [-0.05, 0) is 25.5 Å². The summed E-state index contributed by atoms with van der Waals surface area (Å²) in [7, 11) is 1.92. The number of aromatic carboxylic acids is 1. The Bertz CT molecular complexity index is 640. The highest BCUT2D eigenvalue weighted by molar-refractivity contribution is 7.09. The van der Waals surface area contributed by atoms with Gasteiger partial charge in [-0.1, -0.05) is 13.3 Å². The molecule has 0 aliphatic rings. The maximum absolute atomic E-state index is 11.2. The van der Waals surface area contributed by atoms with Crippen LogP contribution in [-0.4, -0.2) is 28.1 Å². The van der Waals surface area contributed by atoms with Gasteiger partial charge in [0.2, 0.25) is 0 Å². The summed E-state index contributed by atoms with van der Waals surface area (Å²) < 4.78 is 0. The van der Waals surface area contributed by atoms with Crippen molar-refractivity contribution in [1.29, 1.82) is 0 Å². The van der Waals surface area contributed by atoms with Crippen molar-refractivity contribution in [3.8, 4) is 0 Å². The smallest absolute Gasteiger partial charge is 0.335 e. The molecular weight excluding hydrogens is 286 g/mol. The Morgan fingerprint density at radius 2 is 2.19 bits per heavy atom. The van der Waals surface area contributed by atoms with Crippen LogP contribution in [-0.2, 0) is 13.0 Å². The number of carboxylic acids is 1. The standard InChI is InChI=1S/C15H19N3O2S/c1-4-5-12-6-11(15(19)20)7-14(17-12)18(3)8-13-10(2)16-9-21-13/h6-7,9H,4-5,8H2,1-3H3,(H,19,20). The van der Waals surface area contributed by atoms with Crippen molar-refractivity contribution < 1.29 is 9.90 Å². The van der Waals surface area contributed by atoms with Crippen molar-refractivity contribution in [3.05, 3.63) is 39.5 Å². The molecule has 2 aromatic rings. The largest absolute Gasteiger partial charge is 0.478 e. The third-order valence-electron chi connectivity index (χ3n) is 3.23. The number of thiazole rings is 1. The Labute approximate surface area is 128 Å². The molecule has 0 saturated heterocycles. The predicted octanol–water partition coefficient (Wildman–Crippen LogP) is 3.13. The number of rotatable bonds is 6. The molecule has 0 aliphatic carbocycles. The lowest BCUT2D eigenvalue weighted by Crippen LogP contribution is -2.19. The molecule has 112 valence electrons. The molecule has 0 spiro atoms. The minimum absolute atomic E-state index is 0.288. The minimum atomic E-state index is -0.918. The van der Waals surface area contributed by atoms with Crippen LogP contribution in [0.25, 0.3) is 0 Å². The van der Waals surface area contributed by atoms with Gasteiger partial charge in [0.1, 0.15) is 5.82 Å². The van der Waals surface area contributed by atoms with Crippen molar-refractivity contribution in [3.63, 3.8) is 0 Å². The summed E-state index contributed by atoms with van der Waals surface area (Å²) in [4.78, 5) is 23.2. The zero-order valence-corrected chi connectivity index (χ0v) is 13.3. The van der Waals surface area contributed by atoms with E-state index in [1.807, 2.05) is 24.4 Å². The SMILES string of the molecule is CCCc1cc(C(=O)O)cc(N(C)Cc2scnc2C)n1. The number of hydrogen-bond donors (Lipinski definition) is 1. The molecule has 5 nitrogen and oxygen atoms in total. The Balaban J connectivity index is 2.28. The molecule has 0 saturated carbocycles. The van der Waals surface area contributed by atoms with Gasteiger partial charge in [0.05, 0.1) is 23.3 Å². The van der Waals surface area contributed by atoms with Crippen molar-refractivity contribution in [2.75, 3.05) is 11.9 Å². The number of aromatic nitrogens is 2. The molecule has 2 heterocycles. The van der Waals surface area contributed by atoms with Gasteiger partial charge in [0.15, 0.2) is 0 Å². The monoisotopic (exact) mass is 305 g/mol. The maximum Gasteiger partial charge on any atom is 0.335 e. The molecule has 0 amide bonds. The quantitative estimate of drug-likeness (QED) is 0.888. The van der Waals surface area contributed by atoms with E-state index in [9.17, 15) is 9.90 Å². The van der Waals surface area contributed by atoms with Crippen LogP contribution < -0.4 is 4.90 Å². The molecule has 1 N–H and O–H groups in total. The first kappa shape index (κ1) is 15.4. The molecule has 0 fully saturated rings. The molecule has 0 aliphatic heterocycles. The maximum atomic E-state index is 11.2. The molecule has 21 heavy (non-hydrogen) atoms. The van der Waals surface area contributed by atoms with E-state index in [1.54, 1.807) is 23.5 Å². The molecular formula is C15H19N3O2S. The van der Waals surface area contributed by atoms with E-state index in [1.165, 1.54) is 0 Å². The van der Waals surface area contributed by atoms with Crippen molar-refractivity contribution in [2.24, 2.45) is 0 Å². The molecule has 0 bridgehead atoms. The van der Waals surface area contributed by atoms with Gasteiger partial charge in [-0.15, -0.1) is 11.3 Å². The second kappa shape index (κ2) is 6.67. The first-order chi connectivity index (χ1) is 10.0. The molecule has 2 aromatic heterocycles. The van der Waals surface area contributed by atoms with Crippen LogP contribution in [0.3, 0.4) is 0 Å². The molecule has 0 aromatic carbocycles. The lowest BCUT2D eigenvalue weighted by molar-refractivity contribution is 0.0696. The van der Waals surface area contributed by atoms with E-state index < -0.39 is 5.97 Å². The Kier molecular flexibility index (Phi) is 4.90. The number of anilines is 1. The van der Waals surface area contributed by atoms with Gasteiger partial charge in [0.25, 0.3) is 0 Å². The number of carboxylic acid groups (broad SMARTS) is 1. The summed E-state index contributed by atoms with van der Waals surface area (Å²) >= 11 is 1.60. The fourth-order valence-corrected chi connectivity index (χ4v) is 2.88. The van der Waals surface area contributed by atoms with Crippen molar-refractivity contribution >= 4 is 23.1 Å². The van der Waals surface area contributed by atoms with E-state index >= 15 is 0 Å². The average molecular weight is 305 g/mol. The fraction of sp³-hybridized carbons (Fsp3) is 0.400. The third kappa shape index (κ3) is 3.78. The number of carbonyl (C=O) groups is 1. The number of nitrogens with zero attached hydrogens (tertiary/aromatic N) is 3. The molecule has 6 heteroatoms. The van der Waals surface area contributed by atoms with Crippen LogP contribution in [0.1, 0.15) is 40.0 Å². The molecule has 2 rings (SSSR count). The highest BCUT2D eigenvalue weighted by Crippen LogP contribution is 2.20. The second-order valence-corrected chi connectivity index (χ2v) is 5.92. The van der Waals surface area contributed by atoms with E-state index in [2.05, 4.69) is 16.9 Å². The molecule has 0 radical (unpaired) electrons. The van der Waals surface area contributed by atoms with Crippen LogP contribution in [0.4, 0.5) is 5.82 Å². The summed E-state index contributed by atoms with van der Waals surface area (Å²) in [5.41, 5.74) is 3.94. The summed E-state index contributed by atoms with van der Waals surface area (Å²) in [6, 6.07) is 3.28. The van der Waals surface area contributed by atoms with Gasteiger partial charge >= 0.3 is 5.97 Å².